The van der Waals surface area contributed by atoms with Gasteiger partial charge in [-0.15, -0.1) is 0 Å². The Morgan fingerprint density at radius 1 is 1.50 bits per heavy atom. The van der Waals surface area contributed by atoms with Crippen molar-refractivity contribution in [2.75, 3.05) is 33.7 Å². The van der Waals surface area contributed by atoms with Crippen LogP contribution in [0, 0.1) is 0 Å². The van der Waals surface area contributed by atoms with Crippen LogP contribution in [0.4, 0.5) is 4.79 Å². The van der Waals surface area contributed by atoms with E-state index in [2.05, 4.69) is 5.32 Å². The molecule has 1 atom stereocenters. The smallest absolute Gasteiger partial charge is 0.315 e. The third kappa shape index (κ3) is 2.14. The van der Waals surface area contributed by atoms with Gasteiger partial charge in [0, 0.05) is 33.7 Å². The number of carbonyl (C=O) groups is 2. The Hall–Kier alpha value is -1.30. The minimum atomic E-state index is -0.535. The lowest BCUT2D eigenvalue weighted by atomic mass is 10.2. The van der Waals surface area contributed by atoms with Crippen molar-refractivity contribution in [3.8, 4) is 0 Å². The molecule has 0 saturated carbocycles. The topological polar surface area (TPSA) is 78.7 Å². The van der Waals surface area contributed by atoms with E-state index in [4.69, 9.17) is 5.73 Å². The van der Waals surface area contributed by atoms with Crippen LogP contribution in [0.1, 0.15) is 0 Å². The molecule has 3 amide bonds. The Bertz CT molecular complexity index is 241. The van der Waals surface area contributed by atoms with Crippen LogP contribution < -0.4 is 11.1 Å². The van der Waals surface area contributed by atoms with Crippen LogP contribution in [-0.4, -0.2) is 61.5 Å². The van der Waals surface area contributed by atoms with Crippen LogP contribution in [-0.2, 0) is 4.79 Å². The summed E-state index contributed by atoms with van der Waals surface area (Å²) in [5, 5.41) is 3.06. The van der Waals surface area contributed by atoms with E-state index in [1.165, 1.54) is 9.80 Å². The highest BCUT2D eigenvalue weighted by Gasteiger charge is 2.31. The molecule has 1 aliphatic rings. The summed E-state index contributed by atoms with van der Waals surface area (Å²) in [7, 11) is 3.33. The second-order valence-corrected chi connectivity index (χ2v) is 3.48. The number of amides is 3. The number of nitrogens with zero attached hydrogens (tertiary/aromatic N) is 2. The average Bonchev–Trinajstić information content (AvgIpc) is 2.16. The molecular formula is C8H16N4O2. The van der Waals surface area contributed by atoms with Crippen molar-refractivity contribution in [3.05, 3.63) is 0 Å². The van der Waals surface area contributed by atoms with Crippen molar-refractivity contribution >= 4 is 11.9 Å². The van der Waals surface area contributed by atoms with Crippen LogP contribution in [0.2, 0.25) is 0 Å². The molecule has 14 heavy (non-hydrogen) atoms. The quantitative estimate of drug-likeness (QED) is 0.536. The summed E-state index contributed by atoms with van der Waals surface area (Å²) in [5.41, 5.74) is 5.18. The molecule has 1 aliphatic heterocycles. The van der Waals surface area contributed by atoms with Crippen molar-refractivity contribution in [3.63, 3.8) is 0 Å². The Morgan fingerprint density at radius 2 is 2.14 bits per heavy atom. The van der Waals surface area contributed by atoms with E-state index in [9.17, 15) is 9.59 Å². The fourth-order valence-electron chi connectivity index (χ4n) is 1.49. The van der Waals surface area contributed by atoms with E-state index in [1.54, 1.807) is 14.1 Å². The summed E-state index contributed by atoms with van der Waals surface area (Å²) < 4.78 is 0. The van der Waals surface area contributed by atoms with E-state index in [1.807, 2.05) is 0 Å². The highest BCUT2D eigenvalue weighted by atomic mass is 16.2. The molecule has 0 spiro atoms. The fourth-order valence-corrected chi connectivity index (χ4v) is 1.49. The van der Waals surface area contributed by atoms with Gasteiger partial charge in [-0.05, 0) is 0 Å². The fraction of sp³-hybridized carbons (Fsp3) is 0.750. The molecule has 3 N–H and O–H groups in total. The number of hydrogen-bond donors (Lipinski definition) is 2. The standard InChI is InChI=1S/C8H16N4O2/c1-11(2)7(13)6-5-10-3-4-12(6)8(9)14/h6,10H,3-5H2,1-2H3,(H2,9,14). The number of likely N-dealkylation sites (N-methyl/N-ethyl adjacent to an activating group) is 1. The molecule has 0 radical (unpaired) electrons. The van der Waals surface area contributed by atoms with E-state index in [0.717, 1.165) is 0 Å². The molecule has 0 aromatic heterocycles. The van der Waals surface area contributed by atoms with Crippen molar-refractivity contribution in [1.29, 1.82) is 0 Å². The zero-order valence-electron chi connectivity index (χ0n) is 8.49. The molecule has 0 bridgehead atoms. The Labute approximate surface area is 83.0 Å². The molecule has 1 saturated heterocycles. The van der Waals surface area contributed by atoms with Gasteiger partial charge in [-0.1, -0.05) is 0 Å². The van der Waals surface area contributed by atoms with E-state index in [-0.39, 0.29) is 5.91 Å². The van der Waals surface area contributed by atoms with Crippen LogP contribution in [0.15, 0.2) is 0 Å². The third-order valence-electron chi connectivity index (χ3n) is 2.25. The number of urea groups is 1. The summed E-state index contributed by atoms with van der Waals surface area (Å²) >= 11 is 0. The highest BCUT2D eigenvalue weighted by molar-refractivity contribution is 5.86. The van der Waals surface area contributed by atoms with Crippen molar-refractivity contribution in [2.24, 2.45) is 5.73 Å². The lowest BCUT2D eigenvalue weighted by Gasteiger charge is -2.35. The predicted molar refractivity (Wildman–Crippen MR) is 51.6 cm³/mol. The molecule has 6 nitrogen and oxygen atoms in total. The Kier molecular flexibility index (Phi) is 3.29. The Morgan fingerprint density at radius 3 is 2.64 bits per heavy atom. The van der Waals surface area contributed by atoms with Gasteiger partial charge in [0.25, 0.3) is 0 Å². The molecule has 6 heteroatoms. The van der Waals surface area contributed by atoms with Gasteiger partial charge in [0.05, 0.1) is 0 Å². The SMILES string of the molecule is CN(C)C(=O)C1CNCCN1C(N)=O. The maximum absolute atomic E-state index is 11.6. The van der Waals surface area contributed by atoms with E-state index >= 15 is 0 Å². The Balaban J connectivity index is 2.72. The van der Waals surface area contributed by atoms with Crippen molar-refractivity contribution in [1.82, 2.24) is 15.1 Å². The normalized spacial score (nSPS) is 21.9. The lowest BCUT2D eigenvalue weighted by Crippen LogP contribution is -2.60. The molecule has 1 rings (SSSR count). The van der Waals surface area contributed by atoms with Gasteiger partial charge >= 0.3 is 6.03 Å². The molecule has 1 unspecified atom stereocenters. The minimum absolute atomic E-state index is 0.101. The van der Waals surface area contributed by atoms with E-state index < -0.39 is 12.1 Å². The predicted octanol–water partition coefficient (Wildman–Crippen LogP) is -1.57. The first-order valence-corrected chi connectivity index (χ1v) is 4.52. The first kappa shape index (κ1) is 10.8. The number of piperazine rings is 1. The molecule has 0 aliphatic carbocycles. The first-order valence-electron chi connectivity index (χ1n) is 4.52. The summed E-state index contributed by atoms with van der Waals surface area (Å²) in [4.78, 5) is 25.6. The van der Waals surface area contributed by atoms with Gasteiger partial charge in [-0.2, -0.15) is 0 Å². The monoisotopic (exact) mass is 200 g/mol. The number of nitrogens with two attached hydrogens (primary N) is 1. The van der Waals surface area contributed by atoms with Crippen LogP contribution in [0.3, 0.4) is 0 Å². The summed E-state index contributed by atoms with van der Waals surface area (Å²) in [6, 6.07) is -0.997. The van der Waals surface area contributed by atoms with Crippen LogP contribution in [0.25, 0.3) is 0 Å². The molecule has 0 aromatic rings. The first-order chi connectivity index (χ1) is 6.54. The molecule has 80 valence electrons. The molecule has 0 aromatic carbocycles. The van der Waals surface area contributed by atoms with Gasteiger partial charge in [0.2, 0.25) is 5.91 Å². The maximum atomic E-state index is 11.6. The number of nitrogens with one attached hydrogen (secondary N) is 1. The van der Waals surface area contributed by atoms with Crippen molar-refractivity contribution in [2.45, 2.75) is 6.04 Å². The molecule has 1 heterocycles. The van der Waals surface area contributed by atoms with Gasteiger partial charge in [0.1, 0.15) is 6.04 Å². The zero-order chi connectivity index (χ0) is 10.7. The largest absolute Gasteiger partial charge is 0.351 e. The van der Waals surface area contributed by atoms with Crippen molar-refractivity contribution < 1.29 is 9.59 Å². The second kappa shape index (κ2) is 4.28. The maximum Gasteiger partial charge on any atom is 0.315 e. The number of rotatable bonds is 1. The third-order valence-corrected chi connectivity index (χ3v) is 2.25. The molecule has 1 fully saturated rings. The van der Waals surface area contributed by atoms with E-state index in [0.29, 0.717) is 19.6 Å². The zero-order valence-corrected chi connectivity index (χ0v) is 8.49. The minimum Gasteiger partial charge on any atom is -0.351 e. The average molecular weight is 200 g/mol. The molecular weight excluding hydrogens is 184 g/mol. The van der Waals surface area contributed by atoms with Gasteiger partial charge in [0.15, 0.2) is 0 Å². The number of hydrogen-bond acceptors (Lipinski definition) is 3. The van der Waals surface area contributed by atoms with Crippen LogP contribution >= 0.6 is 0 Å². The highest BCUT2D eigenvalue weighted by Crippen LogP contribution is 2.05. The van der Waals surface area contributed by atoms with Gasteiger partial charge in [-0.25, -0.2) is 4.79 Å². The van der Waals surface area contributed by atoms with Gasteiger partial charge in [-0.3, -0.25) is 4.79 Å². The lowest BCUT2D eigenvalue weighted by molar-refractivity contribution is -0.133. The number of carbonyl (C=O) groups excluding carboxylic acids is 2. The summed E-state index contributed by atoms with van der Waals surface area (Å²) in [6.07, 6.45) is 0. The number of primary amides is 1. The van der Waals surface area contributed by atoms with Crippen LogP contribution in [0.5, 0.6) is 0 Å². The second-order valence-electron chi connectivity index (χ2n) is 3.48. The summed E-state index contributed by atoms with van der Waals surface area (Å²) in [6.45, 7) is 1.64. The van der Waals surface area contributed by atoms with Gasteiger partial charge < -0.3 is 20.9 Å². The summed E-state index contributed by atoms with van der Waals surface area (Å²) in [5.74, 6) is -0.101.